The van der Waals surface area contributed by atoms with Crippen molar-refractivity contribution in [1.29, 1.82) is 0 Å². The number of carboxylic acid groups (broad SMARTS) is 1. The van der Waals surface area contributed by atoms with Crippen LogP contribution in [0.15, 0.2) is 17.5 Å². The molecule has 0 aliphatic carbocycles. The number of aromatic nitrogens is 2. The van der Waals surface area contributed by atoms with Gasteiger partial charge in [0.15, 0.2) is 0 Å². The van der Waals surface area contributed by atoms with Crippen LogP contribution in [-0.4, -0.2) is 26.8 Å². The van der Waals surface area contributed by atoms with Crippen LogP contribution < -0.4 is 5.32 Å². The van der Waals surface area contributed by atoms with Crippen molar-refractivity contribution in [3.05, 3.63) is 39.3 Å². The molecule has 2 rings (SSSR count). The summed E-state index contributed by atoms with van der Waals surface area (Å²) in [5.74, 6) is -1.33. The van der Waals surface area contributed by atoms with Crippen molar-refractivity contribution in [2.75, 3.05) is 0 Å². The molecule has 0 aromatic carbocycles. The van der Waals surface area contributed by atoms with Gasteiger partial charge in [0.2, 0.25) is 5.91 Å². The van der Waals surface area contributed by atoms with Crippen LogP contribution in [0.1, 0.15) is 41.2 Å². The molecule has 24 heavy (non-hydrogen) atoms. The Kier molecular flexibility index (Phi) is 5.77. The van der Waals surface area contributed by atoms with Crippen LogP contribution in [0.5, 0.6) is 0 Å². The minimum absolute atomic E-state index is 0.121. The highest BCUT2D eigenvalue weighted by atomic mass is 32.1. The third-order valence-electron chi connectivity index (χ3n) is 4.20. The molecule has 130 valence electrons. The van der Waals surface area contributed by atoms with Gasteiger partial charge in [0.05, 0.1) is 18.2 Å². The zero-order valence-electron chi connectivity index (χ0n) is 14.4. The second-order valence-electron chi connectivity index (χ2n) is 6.05. The van der Waals surface area contributed by atoms with Gasteiger partial charge in [-0.2, -0.15) is 5.10 Å². The topological polar surface area (TPSA) is 84.2 Å². The van der Waals surface area contributed by atoms with Gasteiger partial charge in [-0.3, -0.25) is 14.3 Å². The van der Waals surface area contributed by atoms with Crippen molar-refractivity contribution in [3.8, 4) is 0 Å². The average molecular weight is 349 g/mol. The van der Waals surface area contributed by atoms with E-state index < -0.39 is 12.0 Å². The maximum atomic E-state index is 12.5. The molecule has 1 amide bonds. The van der Waals surface area contributed by atoms with Gasteiger partial charge in [-0.1, -0.05) is 13.0 Å². The number of aliphatic carboxylic acids is 1. The molecule has 0 aliphatic rings. The lowest BCUT2D eigenvalue weighted by Crippen LogP contribution is -2.34. The van der Waals surface area contributed by atoms with Gasteiger partial charge < -0.3 is 10.4 Å². The number of carbonyl (C=O) groups is 2. The summed E-state index contributed by atoms with van der Waals surface area (Å²) in [6, 6.07) is 3.21. The summed E-state index contributed by atoms with van der Waals surface area (Å²) < 4.78 is 1.81. The quantitative estimate of drug-likeness (QED) is 0.805. The fourth-order valence-electron chi connectivity index (χ4n) is 2.71. The van der Waals surface area contributed by atoms with Crippen molar-refractivity contribution < 1.29 is 14.7 Å². The standard InChI is InChI=1S/C17H23N3O3S/c1-10(8-13-11(2)19-20(4)12(13)3)17(23)18-14(9-16(21)22)15-6-5-7-24-15/h5-7,10,14H,8-9H2,1-4H3,(H,18,23)(H,21,22)/t10-,14-/m1/s1. The molecule has 0 fully saturated rings. The highest BCUT2D eigenvalue weighted by Gasteiger charge is 2.23. The molecule has 0 aliphatic heterocycles. The van der Waals surface area contributed by atoms with Crippen molar-refractivity contribution in [1.82, 2.24) is 15.1 Å². The summed E-state index contributed by atoms with van der Waals surface area (Å²) in [6.07, 6.45) is 0.464. The molecule has 2 aromatic heterocycles. The highest BCUT2D eigenvalue weighted by molar-refractivity contribution is 7.10. The lowest BCUT2D eigenvalue weighted by molar-refractivity contribution is -0.137. The number of rotatable bonds is 7. The first kappa shape index (κ1) is 18.2. The lowest BCUT2D eigenvalue weighted by atomic mass is 9.98. The van der Waals surface area contributed by atoms with Gasteiger partial charge in [0, 0.05) is 23.5 Å². The van der Waals surface area contributed by atoms with E-state index >= 15 is 0 Å². The summed E-state index contributed by atoms with van der Waals surface area (Å²) in [7, 11) is 1.89. The Morgan fingerprint density at radius 1 is 1.42 bits per heavy atom. The number of aryl methyl sites for hydroxylation is 2. The molecule has 2 N–H and O–H groups in total. The Bertz CT molecular complexity index is 722. The summed E-state index contributed by atoms with van der Waals surface area (Å²) >= 11 is 1.45. The van der Waals surface area contributed by atoms with Crippen LogP contribution in [0.3, 0.4) is 0 Å². The van der Waals surface area contributed by atoms with E-state index in [2.05, 4.69) is 10.4 Å². The van der Waals surface area contributed by atoms with Gasteiger partial charge in [-0.25, -0.2) is 0 Å². The van der Waals surface area contributed by atoms with E-state index in [0.29, 0.717) is 6.42 Å². The van der Waals surface area contributed by atoms with E-state index in [1.807, 2.05) is 50.0 Å². The van der Waals surface area contributed by atoms with Crippen LogP contribution in [0.25, 0.3) is 0 Å². The molecular weight excluding hydrogens is 326 g/mol. The molecule has 0 saturated carbocycles. The van der Waals surface area contributed by atoms with Gasteiger partial charge in [0.1, 0.15) is 0 Å². The molecule has 6 nitrogen and oxygen atoms in total. The predicted molar refractivity (Wildman–Crippen MR) is 93.0 cm³/mol. The van der Waals surface area contributed by atoms with Crippen LogP contribution in [0.4, 0.5) is 0 Å². The Balaban J connectivity index is 2.07. The van der Waals surface area contributed by atoms with Crippen molar-refractivity contribution in [3.63, 3.8) is 0 Å². The molecule has 2 heterocycles. The van der Waals surface area contributed by atoms with Crippen LogP contribution in [0.2, 0.25) is 0 Å². The average Bonchev–Trinajstić information content (AvgIpc) is 3.11. The molecule has 0 spiro atoms. The van der Waals surface area contributed by atoms with Gasteiger partial charge >= 0.3 is 5.97 Å². The molecular formula is C17H23N3O3S. The Morgan fingerprint density at radius 3 is 2.62 bits per heavy atom. The largest absolute Gasteiger partial charge is 0.481 e. The third kappa shape index (κ3) is 4.23. The van der Waals surface area contributed by atoms with Crippen molar-refractivity contribution in [2.24, 2.45) is 13.0 Å². The maximum Gasteiger partial charge on any atom is 0.305 e. The zero-order chi connectivity index (χ0) is 17.9. The van der Waals surface area contributed by atoms with Crippen molar-refractivity contribution in [2.45, 2.75) is 39.7 Å². The van der Waals surface area contributed by atoms with Crippen LogP contribution >= 0.6 is 11.3 Å². The highest BCUT2D eigenvalue weighted by Crippen LogP contribution is 2.23. The molecule has 2 atom stereocenters. The van der Waals surface area contributed by atoms with E-state index in [4.69, 9.17) is 5.11 Å². The number of carboxylic acids is 1. The fraction of sp³-hybridized carbons (Fsp3) is 0.471. The van der Waals surface area contributed by atoms with Crippen molar-refractivity contribution >= 4 is 23.2 Å². The number of nitrogens with one attached hydrogen (secondary N) is 1. The Hall–Kier alpha value is -2.15. The van der Waals surface area contributed by atoms with E-state index in [1.165, 1.54) is 11.3 Å². The normalized spacial score (nSPS) is 13.5. The van der Waals surface area contributed by atoms with Gasteiger partial charge in [-0.05, 0) is 37.3 Å². The molecule has 0 bridgehead atoms. The summed E-state index contributed by atoms with van der Waals surface area (Å²) in [6.45, 7) is 5.78. The number of thiophene rings is 1. The molecule has 0 saturated heterocycles. The maximum absolute atomic E-state index is 12.5. The molecule has 0 unspecified atom stereocenters. The summed E-state index contributed by atoms with van der Waals surface area (Å²) in [4.78, 5) is 24.5. The van der Waals surface area contributed by atoms with E-state index in [9.17, 15) is 9.59 Å². The first-order valence-corrected chi connectivity index (χ1v) is 8.72. The summed E-state index contributed by atoms with van der Waals surface area (Å²) in [5, 5.41) is 18.2. The Labute approximate surface area is 145 Å². The van der Waals surface area contributed by atoms with E-state index in [1.54, 1.807) is 0 Å². The van der Waals surface area contributed by atoms with Crippen LogP contribution in [0, 0.1) is 19.8 Å². The van der Waals surface area contributed by atoms with Gasteiger partial charge in [0.25, 0.3) is 0 Å². The minimum atomic E-state index is -0.930. The number of amides is 1. The molecule has 2 aromatic rings. The van der Waals surface area contributed by atoms with Gasteiger partial charge in [-0.15, -0.1) is 11.3 Å². The zero-order valence-corrected chi connectivity index (χ0v) is 15.2. The second-order valence-corrected chi connectivity index (χ2v) is 7.03. The summed E-state index contributed by atoms with van der Waals surface area (Å²) in [5.41, 5.74) is 3.05. The smallest absolute Gasteiger partial charge is 0.305 e. The second kappa shape index (κ2) is 7.61. The number of hydrogen-bond donors (Lipinski definition) is 2. The Morgan fingerprint density at radius 2 is 2.12 bits per heavy atom. The number of carbonyl (C=O) groups excluding carboxylic acids is 1. The number of nitrogens with zero attached hydrogens (tertiary/aromatic N) is 2. The van der Waals surface area contributed by atoms with E-state index in [-0.39, 0.29) is 18.2 Å². The number of hydrogen-bond acceptors (Lipinski definition) is 4. The first-order valence-electron chi connectivity index (χ1n) is 7.84. The SMILES string of the molecule is Cc1nn(C)c(C)c1C[C@@H](C)C(=O)N[C@H](CC(=O)O)c1cccs1. The van der Waals surface area contributed by atoms with E-state index in [0.717, 1.165) is 21.8 Å². The third-order valence-corrected chi connectivity index (χ3v) is 5.18. The molecule has 7 heteroatoms. The first-order chi connectivity index (χ1) is 11.3. The van der Waals surface area contributed by atoms with Crippen LogP contribution in [-0.2, 0) is 23.1 Å². The fourth-order valence-corrected chi connectivity index (χ4v) is 3.49. The predicted octanol–water partition coefficient (Wildman–Crippen LogP) is 2.61. The minimum Gasteiger partial charge on any atom is -0.481 e. The lowest BCUT2D eigenvalue weighted by Gasteiger charge is -2.19. The molecule has 0 radical (unpaired) electrons. The monoisotopic (exact) mass is 349 g/mol.